The van der Waals surface area contributed by atoms with Gasteiger partial charge in [-0.05, 0) is 50.1 Å². The topological polar surface area (TPSA) is 69.9 Å². The first-order chi connectivity index (χ1) is 16.4. The van der Waals surface area contributed by atoms with Gasteiger partial charge in [-0.2, -0.15) is 0 Å². The maximum absolute atomic E-state index is 13.6. The van der Waals surface area contributed by atoms with Crippen LogP contribution in [0.4, 0.5) is 0 Å². The lowest BCUT2D eigenvalue weighted by molar-refractivity contribution is -0.139. The van der Waals surface area contributed by atoms with Gasteiger partial charge in [0.2, 0.25) is 0 Å². The summed E-state index contributed by atoms with van der Waals surface area (Å²) in [5.74, 6) is 0.232. The number of fused-ring (bicyclic) bond motifs is 1. The molecule has 0 saturated heterocycles. The van der Waals surface area contributed by atoms with Crippen LogP contribution in [0.15, 0.2) is 82.2 Å². The first-order valence-corrected chi connectivity index (χ1v) is 11.8. The van der Waals surface area contributed by atoms with E-state index in [0.29, 0.717) is 33.0 Å². The molecule has 0 aliphatic carbocycles. The van der Waals surface area contributed by atoms with Crippen molar-refractivity contribution in [3.63, 3.8) is 0 Å². The molecule has 6 nitrogen and oxygen atoms in total. The Morgan fingerprint density at radius 3 is 2.68 bits per heavy atom. The summed E-state index contributed by atoms with van der Waals surface area (Å²) in [6.45, 7) is 9.85. The fourth-order valence-corrected chi connectivity index (χ4v) is 4.90. The number of aryl methyl sites for hydroxylation is 1. The highest BCUT2D eigenvalue weighted by molar-refractivity contribution is 7.07. The molecule has 2 aromatic carbocycles. The molecule has 0 N–H and O–H groups in total. The number of allylic oxidation sites excluding steroid dienone is 1. The third-order valence-corrected chi connectivity index (χ3v) is 6.42. The summed E-state index contributed by atoms with van der Waals surface area (Å²) in [6, 6.07) is 14.7. The Hall–Kier alpha value is -3.71. The van der Waals surface area contributed by atoms with Crippen LogP contribution in [0.25, 0.3) is 6.08 Å². The molecule has 1 aliphatic heterocycles. The highest BCUT2D eigenvalue weighted by atomic mass is 32.1. The summed E-state index contributed by atoms with van der Waals surface area (Å²) in [7, 11) is 0. The van der Waals surface area contributed by atoms with Gasteiger partial charge in [0.15, 0.2) is 4.80 Å². The van der Waals surface area contributed by atoms with E-state index in [9.17, 15) is 9.59 Å². The molecular weight excluding hydrogens is 448 g/mol. The molecule has 0 spiro atoms. The lowest BCUT2D eigenvalue weighted by Crippen LogP contribution is -2.39. The van der Waals surface area contributed by atoms with Gasteiger partial charge in [0.25, 0.3) is 5.56 Å². The third-order valence-electron chi connectivity index (χ3n) is 5.43. The number of carbonyl (C=O) groups is 1. The van der Waals surface area contributed by atoms with E-state index in [1.807, 2.05) is 61.5 Å². The number of carbonyl (C=O) groups excluding carboxylic acids is 1. The Balaban J connectivity index is 1.88. The molecule has 1 atom stereocenters. The Kier molecular flexibility index (Phi) is 6.93. The molecule has 0 bridgehead atoms. The van der Waals surface area contributed by atoms with Gasteiger partial charge in [-0.3, -0.25) is 9.36 Å². The second-order valence-corrected chi connectivity index (χ2v) is 8.89. The van der Waals surface area contributed by atoms with Crippen LogP contribution in [0.5, 0.6) is 5.75 Å². The molecule has 7 heteroatoms. The maximum atomic E-state index is 13.6. The van der Waals surface area contributed by atoms with Crippen LogP contribution in [0.2, 0.25) is 0 Å². The second kappa shape index (κ2) is 10.1. The number of hydrogen-bond acceptors (Lipinski definition) is 6. The molecule has 2 heterocycles. The van der Waals surface area contributed by atoms with Gasteiger partial charge in [0.1, 0.15) is 12.4 Å². The van der Waals surface area contributed by atoms with E-state index < -0.39 is 12.0 Å². The number of benzene rings is 2. The number of esters is 1. The Morgan fingerprint density at radius 2 is 1.97 bits per heavy atom. The zero-order valence-electron chi connectivity index (χ0n) is 19.4. The van der Waals surface area contributed by atoms with E-state index in [-0.39, 0.29) is 12.2 Å². The fraction of sp³-hybridized carbons (Fsp3) is 0.222. The zero-order chi connectivity index (χ0) is 24.2. The van der Waals surface area contributed by atoms with Crippen molar-refractivity contribution in [2.45, 2.75) is 26.8 Å². The van der Waals surface area contributed by atoms with Crippen LogP contribution < -0.4 is 19.6 Å². The zero-order valence-corrected chi connectivity index (χ0v) is 20.2. The van der Waals surface area contributed by atoms with E-state index in [1.54, 1.807) is 24.5 Å². The molecule has 4 rings (SSSR count). The van der Waals surface area contributed by atoms with Crippen LogP contribution in [0.3, 0.4) is 0 Å². The molecular formula is C27H26N2O4S. The van der Waals surface area contributed by atoms with E-state index in [4.69, 9.17) is 9.47 Å². The van der Waals surface area contributed by atoms with Gasteiger partial charge in [0, 0.05) is 0 Å². The smallest absolute Gasteiger partial charge is 0.338 e. The molecule has 0 radical (unpaired) electrons. The summed E-state index contributed by atoms with van der Waals surface area (Å²) in [5.41, 5.74) is 3.48. The van der Waals surface area contributed by atoms with E-state index >= 15 is 0 Å². The van der Waals surface area contributed by atoms with Crippen molar-refractivity contribution in [2.75, 3.05) is 13.2 Å². The van der Waals surface area contributed by atoms with Crippen molar-refractivity contribution in [3.8, 4) is 5.75 Å². The minimum absolute atomic E-state index is 0.207. The molecule has 174 valence electrons. The average molecular weight is 475 g/mol. The van der Waals surface area contributed by atoms with E-state index in [1.165, 1.54) is 11.3 Å². The summed E-state index contributed by atoms with van der Waals surface area (Å²) in [4.78, 5) is 31.7. The highest BCUT2D eigenvalue weighted by Gasteiger charge is 2.33. The van der Waals surface area contributed by atoms with Crippen molar-refractivity contribution < 1.29 is 14.3 Å². The molecule has 1 aromatic heterocycles. The van der Waals surface area contributed by atoms with Gasteiger partial charge in [-0.15, -0.1) is 0 Å². The number of hydrogen-bond donors (Lipinski definition) is 0. The third kappa shape index (κ3) is 4.65. The normalized spacial score (nSPS) is 15.5. The predicted molar refractivity (Wildman–Crippen MR) is 134 cm³/mol. The largest absolute Gasteiger partial charge is 0.490 e. The highest BCUT2D eigenvalue weighted by Crippen LogP contribution is 2.30. The van der Waals surface area contributed by atoms with Crippen molar-refractivity contribution in [1.29, 1.82) is 0 Å². The Labute approximate surface area is 201 Å². The lowest BCUT2D eigenvalue weighted by atomic mass is 9.95. The second-order valence-electron chi connectivity index (χ2n) is 7.89. The number of rotatable bonds is 7. The quantitative estimate of drug-likeness (QED) is 0.387. The average Bonchev–Trinajstić information content (AvgIpc) is 3.12. The van der Waals surface area contributed by atoms with Crippen molar-refractivity contribution in [2.24, 2.45) is 4.99 Å². The molecule has 0 fully saturated rings. The molecule has 0 unspecified atom stereocenters. The SMILES string of the molecule is C=CCOc1cccc(/C=c2\sc3n(c2=O)[C@@H](c2ccc(C)cc2)C(C(=O)OCC)=C(C)N=3)c1. The standard InChI is InChI=1S/C27H26N2O4S/c1-5-14-33-21-9-7-8-19(15-21)16-22-25(30)29-24(20-12-10-17(3)11-13-20)23(26(31)32-6-2)18(4)28-27(29)34-22/h5,7-13,15-16,24H,1,6,14H2,2-4H3/b22-16-/t24-/m0/s1. The number of nitrogens with zero attached hydrogens (tertiary/aromatic N) is 2. The summed E-state index contributed by atoms with van der Waals surface area (Å²) < 4.78 is 13.1. The first-order valence-electron chi connectivity index (χ1n) is 11.0. The van der Waals surface area contributed by atoms with Crippen LogP contribution in [0, 0.1) is 6.92 Å². The van der Waals surface area contributed by atoms with E-state index in [2.05, 4.69) is 11.6 Å². The molecule has 0 saturated carbocycles. The van der Waals surface area contributed by atoms with Gasteiger partial charge in [-0.25, -0.2) is 9.79 Å². The minimum atomic E-state index is -0.611. The van der Waals surface area contributed by atoms with Crippen LogP contribution >= 0.6 is 11.3 Å². The van der Waals surface area contributed by atoms with Crippen LogP contribution in [-0.2, 0) is 9.53 Å². The van der Waals surface area contributed by atoms with Crippen molar-refractivity contribution >= 4 is 23.4 Å². The Morgan fingerprint density at radius 1 is 1.21 bits per heavy atom. The number of ether oxygens (including phenoxy) is 2. The van der Waals surface area contributed by atoms with Gasteiger partial charge in [0.05, 0.1) is 28.5 Å². The van der Waals surface area contributed by atoms with Gasteiger partial charge in [-0.1, -0.05) is 66.0 Å². The predicted octanol–water partition coefficient (Wildman–Crippen LogP) is 3.67. The number of aromatic nitrogens is 1. The Bertz CT molecular complexity index is 1440. The first kappa shape index (κ1) is 23.4. The summed E-state index contributed by atoms with van der Waals surface area (Å²) in [5, 5.41) is 0. The molecule has 34 heavy (non-hydrogen) atoms. The summed E-state index contributed by atoms with van der Waals surface area (Å²) in [6.07, 6.45) is 3.50. The van der Waals surface area contributed by atoms with Crippen LogP contribution in [0.1, 0.15) is 36.6 Å². The van der Waals surface area contributed by atoms with Gasteiger partial charge < -0.3 is 9.47 Å². The number of thiazole rings is 1. The van der Waals surface area contributed by atoms with Crippen LogP contribution in [-0.4, -0.2) is 23.8 Å². The van der Waals surface area contributed by atoms with Crippen molar-refractivity contribution in [1.82, 2.24) is 4.57 Å². The monoisotopic (exact) mass is 474 g/mol. The maximum Gasteiger partial charge on any atom is 0.338 e. The van der Waals surface area contributed by atoms with Gasteiger partial charge >= 0.3 is 5.97 Å². The summed E-state index contributed by atoms with van der Waals surface area (Å²) >= 11 is 1.30. The molecule has 0 amide bonds. The fourth-order valence-electron chi connectivity index (χ4n) is 3.86. The molecule has 3 aromatic rings. The van der Waals surface area contributed by atoms with Crippen molar-refractivity contribution in [3.05, 3.63) is 109 Å². The molecule has 1 aliphatic rings. The van der Waals surface area contributed by atoms with E-state index in [0.717, 1.165) is 16.7 Å². The lowest BCUT2D eigenvalue weighted by Gasteiger charge is -2.24. The minimum Gasteiger partial charge on any atom is -0.490 e.